The van der Waals surface area contributed by atoms with Crippen LogP contribution in [0.2, 0.25) is 0 Å². The summed E-state index contributed by atoms with van der Waals surface area (Å²) < 4.78 is 4.85. The molecule has 0 aliphatic rings. The van der Waals surface area contributed by atoms with Crippen LogP contribution in [0.5, 0.6) is 0 Å². The third-order valence-electron chi connectivity index (χ3n) is 2.36. The molecule has 90 valence electrons. The van der Waals surface area contributed by atoms with Crippen molar-refractivity contribution >= 4 is 5.91 Å². The van der Waals surface area contributed by atoms with Crippen molar-refractivity contribution in [2.75, 3.05) is 40.4 Å². The van der Waals surface area contributed by atoms with E-state index in [0.717, 1.165) is 13.0 Å². The summed E-state index contributed by atoms with van der Waals surface area (Å²) >= 11 is 0. The lowest BCUT2D eigenvalue weighted by Crippen LogP contribution is -2.44. The van der Waals surface area contributed by atoms with Gasteiger partial charge in [-0.3, -0.25) is 9.69 Å². The molecular formula is C10H23N3O2. The summed E-state index contributed by atoms with van der Waals surface area (Å²) in [5.41, 5.74) is 5.41. The van der Waals surface area contributed by atoms with Gasteiger partial charge in [0, 0.05) is 13.7 Å². The molecule has 0 rings (SSSR count). The maximum atomic E-state index is 11.6. The minimum absolute atomic E-state index is 0.0339. The van der Waals surface area contributed by atoms with Gasteiger partial charge in [0.1, 0.15) is 0 Å². The smallest absolute Gasteiger partial charge is 0.237 e. The van der Waals surface area contributed by atoms with Crippen LogP contribution in [0.15, 0.2) is 0 Å². The van der Waals surface area contributed by atoms with E-state index in [-0.39, 0.29) is 11.9 Å². The van der Waals surface area contributed by atoms with Crippen LogP contribution in [0.25, 0.3) is 0 Å². The Balaban J connectivity index is 3.75. The van der Waals surface area contributed by atoms with Gasteiger partial charge in [-0.05, 0) is 33.5 Å². The van der Waals surface area contributed by atoms with Gasteiger partial charge in [-0.25, -0.2) is 0 Å². The Bertz CT molecular complexity index is 176. The number of nitrogens with zero attached hydrogens (tertiary/aromatic N) is 1. The molecule has 5 nitrogen and oxygen atoms in total. The molecule has 1 atom stereocenters. The Kier molecular flexibility index (Phi) is 8.27. The van der Waals surface area contributed by atoms with E-state index < -0.39 is 0 Å². The number of methoxy groups -OCH3 is 1. The first kappa shape index (κ1) is 14.3. The number of hydrogen-bond donors (Lipinski definition) is 2. The topological polar surface area (TPSA) is 67.6 Å². The van der Waals surface area contributed by atoms with Crippen LogP contribution in [0.1, 0.15) is 13.3 Å². The summed E-state index contributed by atoms with van der Waals surface area (Å²) in [7, 11) is 3.54. The van der Waals surface area contributed by atoms with E-state index in [2.05, 4.69) is 5.32 Å². The van der Waals surface area contributed by atoms with Crippen LogP contribution in [-0.4, -0.2) is 57.2 Å². The molecule has 0 bridgehead atoms. The molecule has 0 fully saturated rings. The van der Waals surface area contributed by atoms with E-state index in [0.29, 0.717) is 19.7 Å². The van der Waals surface area contributed by atoms with Gasteiger partial charge in [0.05, 0.1) is 12.6 Å². The molecule has 1 amide bonds. The third kappa shape index (κ3) is 6.43. The molecule has 0 aromatic heterocycles. The standard InChI is InChI=1S/C10H23N3O2/c1-9(13(2)7-4-5-11)10(14)12-6-8-15-3/h9H,4-8,11H2,1-3H3,(H,12,14). The third-order valence-corrected chi connectivity index (χ3v) is 2.36. The van der Waals surface area contributed by atoms with E-state index in [9.17, 15) is 4.79 Å². The van der Waals surface area contributed by atoms with Crippen molar-refractivity contribution in [3.8, 4) is 0 Å². The zero-order chi connectivity index (χ0) is 11.7. The number of ether oxygens (including phenoxy) is 1. The molecule has 0 radical (unpaired) electrons. The fourth-order valence-corrected chi connectivity index (χ4v) is 1.16. The highest BCUT2D eigenvalue weighted by Crippen LogP contribution is 1.96. The molecule has 0 aromatic rings. The monoisotopic (exact) mass is 217 g/mol. The molecule has 0 heterocycles. The SMILES string of the molecule is COCCNC(=O)C(C)N(C)CCCN. The van der Waals surface area contributed by atoms with E-state index in [1.807, 2.05) is 18.9 Å². The van der Waals surface area contributed by atoms with Crippen LogP contribution in [0.4, 0.5) is 0 Å². The van der Waals surface area contributed by atoms with Crippen molar-refractivity contribution in [3.63, 3.8) is 0 Å². The van der Waals surface area contributed by atoms with Crippen molar-refractivity contribution in [2.24, 2.45) is 5.73 Å². The predicted molar refractivity (Wildman–Crippen MR) is 60.6 cm³/mol. The summed E-state index contributed by atoms with van der Waals surface area (Å²) in [5.74, 6) is 0.0339. The molecule has 5 heteroatoms. The van der Waals surface area contributed by atoms with Crippen molar-refractivity contribution in [1.82, 2.24) is 10.2 Å². The Labute approximate surface area is 91.9 Å². The molecular weight excluding hydrogens is 194 g/mol. The summed E-state index contributed by atoms with van der Waals surface area (Å²) in [6, 6.07) is -0.117. The van der Waals surface area contributed by atoms with Crippen LogP contribution in [-0.2, 0) is 9.53 Å². The summed E-state index contributed by atoms with van der Waals surface area (Å²) in [5, 5.41) is 2.80. The van der Waals surface area contributed by atoms with E-state index >= 15 is 0 Å². The van der Waals surface area contributed by atoms with Gasteiger partial charge in [-0.1, -0.05) is 0 Å². The fourth-order valence-electron chi connectivity index (χ4n) is 1.16. The molecule has 0 saturated heterocycles. The number of likely N-dealkylation sites (N-methyl/N-ethyl adjacent to an activating group) is 1. The van der Waals surface area contributed by atoms with E-state index in [1.165, 1.54) is 0 Å². The van der Waals surface area contributed by atoms with Gasteiger partial charge in [-0.2, -0.15) is 0 Å². The molecule has 1 unspecified atom stereocenters. The molecule has 0 aliphatic heterocycles. The number of nitrogens with two attached hydrogens (primary N) is 1. The lowest BCUT2D eigenvalue weighted by molar-refractivity contribution is -0.125. The van der Waals surface area contributed by atoms with Crippen molar-refractivity contribution in [1.29, 1.82) is 0 Å². The van der Waals surface area contributed by atoms with Gasteiger partial charge in [-0.15, -0.1) is 0 Å². The van der Waals surface area contributed by atoms with Gasteiger partial charge < -0.3 is 15.8 Å². The van der Waals surface area contributed by atoms with Crippen LogP contribution >= 0.6 is 0 Å². The second-order valence-corrected chi connectivity index (χ2v) is 3.58. The number of rotatable bonds is 8. The minimum Gasteiger partial charge on any atom is -0.383 e. The number of carbonyl (C=O) groups excluding carboxylic acids is 1. The normalized spacial score (nSPS) is 12.9. The van der Waals surface area contributed by atoms with Crippen LogP contribution < -0.4 is 11.1 Å². The average Bonchev–Trinajstić information content (AvgIpc) is 2.24. The average molecular weight is 217 g/mol. The largest absolute Gasteiger partial charge is 0.383 e. The number of nitrogens with one attached hydrogen (secondary N) is 1. The Morgan fingerprint density at radius 3 is 2.80 bits per heavy atom. The van der Waals surface area contributed by atoms with Gasteiger partial charge >= 0.3 is 0 Å². The molecule has 0 aromatic carbocycles. The summed E-state index contributed by atoms with van der Waals surface area (Å²) in [4.78, 5) is 13.6. The van der Waals surface area contributed by atoms with Crippen LogP contribution in [0, 0.1) is 0 Å². The lowest BCUT2D eigenvalue weighted by Gasteiger charge is -2.23. The zero-order valence-corrected chi connectivity index (χ0v) is 9.95. The maximum absolute atomic E-state index is 11.6. The highest BCUT2D eigenvalue weighted by atomic mass is 16.5. The van der Waals surface area contributed by atoms with Gasteiger partial charge in [0.15, 0.2) is 0 Å². The van der Waals surface area contributed by atoms with Crippen LogP contribution in [0.3, 0.4) is 0 Å². The van der Waals surface area contributed by atoms with E-state index in [4.69, 9.17) is 10.5 Å². The van der Waals surface area contributed by atoms with Gasteiger partial charge in [0.2, 0.25) is 5.91 Å². The van der Waals surface area contributed by atoms with E-state index in [1.54, 1.807) is 7.11 Å². The quantitative estimate of drug-likeness (QED) is 0.534. The highest BCUT2D eigenvalue weighted by molar-refractivity contribution is 5.81. The molecule has 0 aliphatic carbocycles. The highest BCUT2D eigenvalue weighted by Gasteiger charge is 2.16. The zero-order valence-electron chi connectivity index (χ0n) is 9.95. The first-order valence-electron chi connectivity index (χ1n) is 5.30. The number of carbonyl (C=O) groups is 1. The molecule has 0 saturated carbocycles. The van der Waals surface area contributed by atoms with Crippen molar-refractivity contribution < 1.29 is 9.53 Å². The molecule has 15 heavy (non-hydrogen) atoms. The maximum Gasteiger partial charge on any atom is 0.237 e. The first-order chi connectivity index (χ1) is 7.13. The second kappa shape index (κ2) is 8.64. The second-order valence-electron chi connectivity index (χ2n) is 3.58. The summed E-state index contributed by atoms with van der Waals surface area (Å²) in [6.07, 6.45) is 0.909. The van der Waals surface area contributed by atoms with Gasteiger partial charge in [0.25, 0.3) is 0 Å². The first-order valence-corrected chi connectivity index (χ1v) is 5.30. The predicted octanol–water partition coefficient (Wildman–Crippen LogP) is -0.582. The number of hydrogen-bond acceptors (Lipinski definition) is 4. The molecule has 0 spiro atoms. The Morgan fingerprint density at radius 2 is 2.27 bits per heavy atom. The number of amides is 1. The van der Waals surface area contributed by atoms with Crippen molar-refractivity contribution in [2.45, 2.75) is 19.4 Å². The Morgan fingerprint density at radius 1 is 1.60 bits per heavy atom. The molecule has 3 N–H and O–H groups in total. The summed E-state index contributed by atoms with van der Waals surface area (Å²) in [6.45, 7) is 4.49. The van der Waals surface area contributed by atoms with Crippen molar-refractivity contribution in [3.05, 3.63) is 0 Å². The minimum atomic E-state index is -0.117. The fraction of sp³-hybridized carbons (Fsp3) is 0.900. The lowest BCUT2D eigenvalue weighted by atomic mass is 10.2. The Hall–Kier alpha value is -0.650.